The van der Waals surface area contributed by atoms with Gasteiger partial charge in [0.05, 0.1) is 6.42 Å². The van der Waals surface area contributed by atoms with Gasteiger partial charge in [-0.2, -0.15) is 0 Å². The van der Waals surface area contributed by atoms with Crippen LogP contribution in [-0.2, 0) is 40.0 Å². The van der Waals surface area contributed by atoms with Crippen LogP contribution in [0.15, 0.2) is 84.9 Å². The maximum Gasteiger partial charge on any atom is 0.305 e. The molecule has 4 bridgehead atoms. The number of carboxylic acids is 1. The number of nitrogens with one attached hydrogen (secondary N) is 4. The largest absolute Gasteiger partial charge is 0.507 e. The van der Waals surface area contributed by atoms with E-state index in [-0.39, 0.29) is 52.2 Å². The number of carboxylic acid groups (broad SMARTS) is 1. The van der Waals surface area contributed by atoms with Crippen molar-refractivity contribution in [3.05, 3.63) is 107 Å². The summed E-state index contributed by atoms with van der Waals surface area (Å²) in [5.41, 5.74) is 25.5. The number of carbonyl (C=O) groups is 8. The van der Waals surface area contributed by atoms with Gasteiger partial charge in [-0.3, -0.25) is 38.4 Å². The summed E-state index contributed by atoms with van der Waals surface area (Å²) >= 11 is 6.04. The molecule has 0 spiro atoms. The van der Waals surface area contributed by atoms with E-state index >= 15 is 0 Å². The molecule has 5 rings (SSSR count). The fraction of sp³-hybridized carbons (Fsp3) is 0.304. The average Bonchev–Trinajstić information content (AvgIpc) is 3.30. The summed E-state index contributed by atoms with van der Waals surface area (Å²) in [5.74, 6) is -8.96. The smallest absolute Gasteiger partial charge is 0.305 e. The van der Waals surface area contributed by atoms with Crippen LogP contribution < -0.4 is 44.2 Å². The molecule has 22 heteroatoms. The van der Waals surface area contributed by atoms with Crippen molar-refractivity contribution in [1.82, 2.24) is 31.1 Å². The number of hydrogen-bond acceptors (Lipinski definition) is 13. The molecule has 0 aromatic heterocycles. The number of halogens is 1. The third kappa shape index (κ3) is 12.6. The Hall–Kier alpha value is -7.59. The lowest BCUT2D eigenvalue weighted by molar-refractivity contribution is -0.146. The minimum absolute atomic E-state index is 0.00710. The molecule has 0 aliphatic carbocycles. The highest BCUT2D eigenvalue weighted by atomic mass is 35.5. The zero-order valence-electron chi connectivity index (χ0n) is 37.0. The number of fused-ring (bicyclic) bond motifs is 5. The average molecular weight is 957 g/mol. The van der Waals surface area contributed by atoms with Crippen LogP contribution >= 0.6 is 11.6 Å². The van der Waals surface area contributed by atoms with Gasteiger partial charge in [-0.25, -0.2) is 0 Å². The van der Waals surface area contributed by atoms with Crippen LogP contribution in [0.25, 0.3) is 22.3 Å². The lowest BCUT2D eigenvalue weighted by Crippen LogP contribution is -2.62. The highest BCUT2D eigenvalue weighted by Crippen LogP contribution is 2.39. The van der Waals surface area contributed by atoms with Crippen LogP contribution in [0.2, 0.25) is 5.02 Å². The predicted molar refractivity (Wildman–Crippen MR) is 248 cm³/mol. The Bertz CT molecular complexity index is 2560. The van der Waals surface area contributed by atoms with Crippen molar-refractivity contribution in [2.45, 2.75) is 68.6 Å². The Morgan fingerprint density at radius 1 is 0.809 bits per heavy atom. The highest BCUT2D eigenvalue weighted by Gasteiger charge is 2.37. The number of amides is 7. The molecule has 0 saturated carbocycles. The highest BCUT2D eigenvalue weighted by molar-refractivity contribution is 6.30. The number of nitrogens with zero attached hydrogens (tertiary/aromatic N) is 2. The Morgan fingerprint density at radius 3 is 2.01 bits per heavy atom. The first-order valence-corrected chi connectivity index (χ1v) is 21.6. The normalized spacial score (nSPS) is 17.2. The van der Waals surface area contributed by atoms with Gasteiger partial charge >= 0.3 is 5.97 Å². The van der Waals surface area contributed by atoms with E-state index in [9.17, 15) is 53.7 Å². The summed E-state index contributed by atoms with van der Waals surface area (Å²) in [4.78, 5) is 108. The van der Waals surface area contributed by atoms with E-state index < -0.39 is 90.2 Å². The Balaban J connectivity index is 1.46. The zero-order valence-corrected chi connectivity index (χ0v) is 37.7. The molecule has 15 N–H and O–H groups in total. The number of nitrogens with two attached hydrogens (primary N) is 4. The van der Waals surface area contributed by atoms with Crippen molar-refractivity contribution in [1.29, 1.82) is 0 Å². The molecule has 0 unspecified atom stereocenters. The molecule has 7 amide bonds. The van der Waals surface area contributed by atoms with Gasteiger partial charge in [0, 0.05) is 42.2 Å². The number of hydrogen-bond donors (Lipinski definition) is 11. The molecule has 1 aliphatic heterocycles. The maximum absolute atomic E-state index is 14.6. The summed E-state index contributed by atoms with van der Waals surface area (Å²) in [6, 6.07) is 15.7. The topological polar surface area (TPSA) is 356 Å². The second kappa shape index (κ2) is 22.7. The minimum atomic E-state index is -1.89. The fourth-order valence-electron chi connectivity index (χ4n) is 7.52. The molecule has 0 saturated heterocycles. The third-order valence-electron chi connectivity index (χ3n) is 11.3. The van der Waals surface area contributed by atoms with Crippen LogP contribution in [0.3, 0.4) is 0 Å². The monoisotopic (exact) mass is 956 g/mol. The van der Waals surface area contributed by atoms with Crippen LogP contribution in [0.4, 0.5) is 0 Å². The molecular formula is C46H53ClN10O11. The number of rotatable bonds is 16. The van der Waals surface area contributed by atoms with Gasteiger partial charge in [0.25, 0.3) is 17.7 Å². The number of phenolic OH excluding ortho intramolecular Hbond substituents is 2. The van der Waals surface area contributed by atoms with Crippen molar-refractivity contribution in [2.24, 2.45) is 22.9 Å². The van der Waals surface area contributed by atoms with Crippen LogP contribution in [0.5, 0.6) is 11.5 Å². The van der Waals surface area contributed by atoms with Gasteiger partial charge in [-0.05, 0) is 96.6 Å². The first-order valence-electron chi connectivity index (χ1n) is 21.2. The molecule has 21 nitrogen and oxygen atoms in total. The van der Waals surface area contributed by atoms with E-state index in [2.05, 4.69) is 21.3 Å². The SMILES string of the molecule is CN(C(=O)[C@H](CCCCN)NC(=O)c1ccc(-c2ccc(Cl)cc2)cc1)[C@@H]1C(=O)N[C@@H](N)C(=O)N[C@H](C(=O)N[C@@H](N)C(=O)N(C)[C@@H](CC(=O)O)C(N)=O)Cc2ccc(O)c(c2)-c2cc1ccc2O. The molecule has 0 radical (unpaired) electrons. The van der Waals surface area contributed by atoms with Gasteiger partial charge in [-0.1, -0.05) is 48.0 Å². The number of primary amides is 1. The second-order valence-electron chi connectivity index (χ2n) is 16.1. The van der Waals surface area contributed by atoms with Gasteiger partial charge in [-0.15, -0.1) is 0 Å². The third-order valence-corrected chi connectivity index (χ3v) is 11.5. The number of unbranched alkanes of at least 4 members (excludes halogenated alkanes) is 1. The number of aromatic hydroxyl groups is 2. The molecule has 360 valence electrons. The standard InChI is InChI=1S/C46H53ClN10O11/c1-56(33(40(51)62)22-36(60)61)46(68)39(50)55-42(64)32-20-23-6-16-34(58)29(19-23)30-21-27(13-17-35(30)59)37(43(65)54-38(49)44(66)53-32)57(2)45(67)31(5-3-4-18-48)52-41(63)26-9-7-24(8-10-26)25-11-14-28(47)15-12-25/h6-17,19,21,31-33,37-39,58-59H,3-5,18,20,22,48-50H2,1-2H3,(H2,51,62)(H,52,63)(H,53,66)(H,54,65)(H,55,64)(H,60,61)/t31-,32-,33-,37-,38+,39+/m0/s1. The summed E-state index contributed by atoms with van der Waals surface area (Å²) < 4.78 is 0. The van der Waals surface area contributed by atoms with E-state index in [1.54, 1.807) is 36.4 Å². The first-order chi connectivity index (χ1) is 32.2. The van der Waals surface area contributed by atoms with Crippen molar-refractivity contribution in [3.8, 4) is 33.8 Å². The number of benzene rings is 4. The van der Waals surface area contributed by atoms with Crippen LogP contribution in [0, 0.1) is 0 Å². The summed E-state index contributed by atoms with van der Waals surface area (Å²) in [5, 5.41) is 41.8. The quantitative estimate of drug-likeness (QED) is 0.0526. The van der Waals surface area contributed by atoms with Gasteiger partial charge in [0.1, 0.15) is 35.7 Å². The molecule has 4 aromatic rings. The van der Waals surface area contributed by atoms with Gasteiger partial charge < -0.3 is 69.3 Å². The van der Waals surface area contributed by atoms with Crippen LogP contribution in [-0.4, -0.2) is 124 Å². The summed E-state index contributed by atoms with van der Waals surface area (Å²) in [6.07, 6.45) is -3.98. The fourth-order valence-corrected chi connectivity index (χ4v) is 7.65. The van der Waals surface area contributed by atoms with Crippen molar-refractivity contribution in [2.75, 3.05) is 20.6 Å². The molecule has 1 heterocycles. The number of likely N-dealkylation sites (N-methyl/N-ethyl adjacent to an activating group) is 2. The van der Waals surface area contributed by atoms with E-state index in [0.717, 1.165) is 23.1 Å². The number of aliphatic carboxylic acids is 1. The maximum atomic E-state index is 14.6. The predicted octanol–water partition coefficient (Wildman–Crippen LogP) is 0.142. The minimum Gasteiger partial charge on any atom is -0.507 e. The second-order valence-corrected chi connectivity index (χ2v) is 16.5. The lowest BCUT2D eigenvalue weighted by atomic mass is 9.93. The van der Waals surface area contributed by atoms with Gasteiger partial charge in [0.15, 0.2) is 12.3 Å². The summed E-state index contributed by atoms with van der Waals surface area (Å²) in [6.45, 7) is 0.295. The molecule has 1 aliphatic rings. The molecular weight excluding hydrogens is 904 g/mol. The van der Waals surface area contributed by atoms with Crippen molar-refractivity contribution < 1.29 is 53.7 Å². The van der Waals surface area contributed by atoms with E-state index in [4.69, 9.17) is 34.5 Å². The number of phenols is 2. The molecule has 68 heavy (non-hydrogen) atoms. The Labute approximate surface area is 395 Å². The van der Waals surface area contributed by atoms with Crippen LogP contribution in [0.1, 0.15) is 53.2 Å². The van der Waals surface area contributed by atoms with E-state index in [1.807, 2.05) is 12.1 Å². The van der Waals surface area contributed by atoms with E-state index in [1.165, 1.54) is 43.4 Å². The molecule has 0 fully saturated rings. The van der Waals surface area contributed by atoms with E-state index in [0.29, 0.717) is 29.3 Å². The number of carbonyl (C=O) groups excluding carboxylic acids is 7. The zero-order chi connectivity index (χ0) is 50.0. The first kappa shape index (κ1) is 51.4. The lowest BCUT2D eigenvalue weighted by Gasteiger charge is -2.32. The molecule has 6 atom stereocenters. The molecule has 4 aromatic carbocycles. The Kier molecular flexibility index (Phi) is 17.2. The Morgan fingerprint density at radius 2 is 1.41 bits per heavy atom. The summed E-state index contributed by atoms with van der Waals surface area (Å²) in [7, 11) is 2.35. The van der Waals surface area contributed by atoms with Crippen molar-refractivity contribution >= 4 is 58.9 Å². The van der Waals surface area contributed by atoms with Gasteiger partial charge in [0.2, 0.25) is 23.6 Å². The van der Waals surface area contributed by atoms with Crippen molar-refractivity contribution in [3.63, 3.8) is 0 Å².